The third-order valence-corrected chi connectivity index (χ3v) is 9.95. The first-order valence-corrected chi connectivity index (χ1v) is 12.3. The number of pyridine rings is 2. The Morgan fingerprint density at radius 1 is 1.03 bits per heavy atom. The minimum atomic E-state index is -0.137. The summed E-state index contributed by atoms with van der Waals surface area (Å²) in [6, 6.07) is 13.6. The van der Waals surface area contributed by atoms with E-state index in [0.29, 0.717) is 5.92 Å². The third kappa shape index (κ3) is 1.92. The van der Waals surface area contributed by atoms with Crippen LogP contribution in [0, 0.1) is 12.8 Å². The number of para-hydroxylation sites is 1. The zero-order chi connectivity index (χ0) is 22.9. The van der Waals surface area contributed by atoms with Crippen molar-refractivity contribution in [1.29, 1.82) is 0 Å². The molecule has 0 spiro atoms. The Morgan fingerprint density at radius 2 is 1.82 bits per heavy atom. The van der Waals surface area contributed by atoms with E-state index >= 15 is 0 Å². The van der Waals surface area contributed by atoms with Gasteiger partial charge in [-0.1, -0.05) is 38.1 Å². The first kappa shape index (κ1) is 19.7. The molecule has 0 radical (unpaired) electrons. The summed E-state index contributed by atoms with van der Waals surface area (Å²) in [5, 5.41) is 13.9. The van der Waals surface area contributed by atoms with Crippen LogP contribution < -0.4 is 4.57 Å². The van der Waals surface area contributed by atoms with Crippen LogP contribution in [-0.4, -0.2) is 16.7 Å². The molecule has 2 aliphatic carbocycles. The lowest BCUT2D eigenvalue weighted by Gasteiger charge is -2.61. The Labute approximate surface area is 195 Å². The molecule has 3 atom stereocenters. The molecule has 0 bridgehead atoms. The van der Waals surface area contributed by atoms with E-state index in [1.54, 1.807) is 0 Å². The molecule has 3 heteroatoms. The van der Waals surface area contributed by atoms with Crippen LogP contribution in [0.4, 0.5) is 0 Å². The summed E-state index contributed by atoms with van der Waals surface area (Å²) >= 11 is 0. The van der Waals surface area contributed by atoms with Crippen molar-refractivity contribution in [2.24, 2.45) is 5.92 Å². The molecule has 3 nitrogen and oxygen atoms in total. The van der Waals surface area contributed by atoms with Crippen molar-refractivity contribution in [2.45, 2.75) is 63.8 Å². The van der Waals surface area contributed by atoms with Gasteiger partial charge in [0.15, 0.2) is 5.54 Å². The molecular weight excluding hydrogens is 404 g/mol. The van der Waals surface area contributed by atoms with Crippen molar-refractivity contribution in [2.75, 3.05) is 6.61 Å². The van der Waals surface area contributed by atoms with E-state index in [1.807, 2.05) is 6.20 Å². The van der Waals surface area contributed by atoms with Crippen LogP contribution in [0.3, 0.4) is 0 Å². The minimum Gasteiger partial charge on any atom is -0.396 e. The number of nitrogens with zero attached hydrogens (tertiary/aromatic N) is 2. The maximum atomic E-state index is 9.92. The molecule has 7 rings (SSSR count). The molecule has 2 aromatic carbocycles. The first-order valence-electron chi connectivity index (χ1n) is 12.3. The Balaban J connectivity index is 1.78. The van der Waals surface area contributed by atoms with Gasteiger partial charge in [-0.15, -0.1) is 0 Å². The molecule has 3 heterocycles. The molecular formula is C30H31N2O+. The van der Waals surface area contributed by atoms with Crippen LogP contribution in [0.25, 0.3) is 32.9 Å². The molecule has 0 amide bonds. The number of hydrogen-bond acceptors (Lipinski definition) is 2. The molecule has 3 unspecified atom stereocenters. The number of rotatable bonds is 2. The summed E-state index contributed by atoms with van der Waals surface area (Å²) in [5.74, 6) is 0.464. The highest BCUT2D eigenvalue weighted by atomic mass is 16.3. The number of fused-ring (bicyclic) bond motifs is 5. The fourth-order valence-electron chi connectivity index (χ4n) is 8.19. The predicted octanol–water partition coefficient (Wildman–Crippen LogP) is 5.68. The zero-order valence-corrected chi connectivity index (χ0v) is 20.2. The van der Waals surface area contributed by atoms with Crippen molar-refractivity contribution in [3.63, 3.8) is 0 Å². The van der Waals surface area contributed by atoms with E-state index in [9.17, 15) is 5.11 Å². The standard InChI is InChI=1S/C30H31N2O/c1-17-20-8-6-7-9-23(20)32-27-25-21(30(5)19(12-13-33)14-29(30,32)4)11-10-18-15-31-16-22(24(18)25)28(2,3)26(17)27/h6-11,15-16,19,33H,12-14H2,1-5H3/q+1. The Kier molecular flexibility index (Phi) is 3.47. The summed E-state index contributed by atoms with van der Waals surface area (Å²) < 4.78 is 2.71. The van der Waals surface area contributed by atoms with E-state index in [1.165, 1.54) is 55.2 Å². The largest absolute Gasteiger partial charge is 0.396 e. The number of aliphatic hydroxyl groups is 1. The number of aliphatic hydroxyl groups excluding tert-OH is 1. The molecule has 1 N–H and O–H groups in total. The lowest BCUT2D eigenvalue weighted by Crippen LogP contribution is -2.78. The fourth-order valence-corrected chi connectivity index (χ4v) is 8.19. The second-order valence-electron chi connectivity index (χ2n) is 11.5. The topological polar surface area (TPSA) is 37.0 Å². The highest BCUT2D eigenvalue weighted by Crippen LogP contribution is 2.66. The Morgan fingerprint density at radius 3 is 2.61 bits per heavy atom. The molecule has 1 fully saturated rings. The quantitative estimate of drug-likeness (QED) is 0.411. The first-order chi connectivity index (χ1) is 15.8. The van der Waals surface area contributed by atoms with E-state index in [-0.39, 0.29) is 23.0 Å². The smallest absolute Gasteiger partial charge is 0.218 e. The predicted molar refractivity (Wildman–Crippen MR) is 133 cm³/mol. The summed E-state index contributed by atoms with van der Waals surface area (Å²) in [7, 11) is 0. The average molecular weight is 436 g/mol. The monoisotopic (exact) mass is 435 g/mol. The summed E-state index contributed by atoms with van der Waals surface area (Å²) in [6.45, 7) is 12.2. The highest BCUT2D eigenvalue weighted by Gasteiger charge is 2.71. The Hall–Kier alpha value is -2.78. The van der Waals surface area contributed by atoms with Crippen molar-refractivity contribution in [1.82, 2.24) is 4.98 Å². The number of aromatic nitrogens is 2. The Bertz CT molecular complexity index is 1530. The summed E-state index contributed by atoms with van der Waals surface area (Å²) in [5.41, 5.74) is 9.58. The normalized spacial score (nSPS) is 28.0. The van der Waals surface area contributed by atoms with Gasteiger partial charge in [0.25, 0.3) is 0 Å². The molecule has 33 heavy (non-hydrogen) atoms. The highest BCUT2D eigenvalue weighted by molar-refractivity contribution is 6.05. The van der Waals surface area contributed by atoms with Crippen LogP contribution >= 0.6 is 0 Å². The summed E-state index contributed by atoms with van der Waals surface area (Å²) in [6.07, 6.45) is 6.08. The van der Waals surface area contributed by atoms with Gasteiger partial charge in [0, 0.05) is 65.5 Å². The number of aryl methyl sites for hydroxylation is 1. The molecule has 166 valence electrons. The van der Waals surface area contributed by atoms with Gasteiger partial charge in [0.05, 0.1) is 11.0 Å². The third-order valence-electron chi connectivity index (χ3n) is 9.95. The lowest BCUT2D eigenvalue weighted by molar-refractivity contribution is -0.761. The maximum absolute atomic E-state index is 9.92. The fraction of sp³-hybridized carbons (Fsp3) is 0.400. The van der Waals surface area contributed by atoms with Gasteiger partial charge >= 0.3 is 0 Å². The molecule has 2 aromatic heterocycles. The van der Waals surface area contributed by atoms with Gasteiger partial charge < -0.3 is 5.11 Å². The molecule has 0 saturated heterocycles. The van der Waals surface area contributed by atoms with Crippen molar-refractivity contribution in [3.8, 4) is 11.3 Å². The SMILES string of the molecule is Cc1c2c3[n+](c4ccccc14)C1(C)CC(CCO)C1(C)c1ccc4cncc(c4c1-3)C2(C)C. The van der Waals surface area contributed by atoms with Crippen molar-refractivity contribution >= 4 is 21.7 Å². The second kappa shape index (κ2) is 5.82. The van der Waals surface area contributed by atoms with Gasteiger partial charge in [-0.3, -0.25) is 4.98 Å². The van der Waals surface area contributed by atoms with Crippen molar-refractivity contribution < 1.29 is 9.67 Å². The number of hydrogen-bond donors (Lipinski definition) is 1. The molecule has 4 aromatic rings. The van der Waals surface area contributed by atoms with E-state index < -0.39 is 0 Å². The maximum Gasteiger partial charge on any atom is 0.218 e. The van der Waals surface area contributed by atoms with Gasteiger partial charge in [-0.2, -0.15) is 4.57 Å². The van der Waals surface area contributed by atoms with E-state index in [0.717, 1.165) is 12.8 Å². The van der Waals surface area contributed by atoms with E-state index in [4.69, 9.17) is 0 Å². The molecule has 1 saturated carbocycles. The van der Waals surface area contributed by atoms with Crippen LogP contribution in [0.1, 0.15) is 62.8 Å². The van der Waals surface area contributed by atoms with Crippen LogP contribution in [0.15, 0.2) is 48.8 Å². The molecule has 1 aliphatic heterocycles. The van der Waals surface area contributed by atoms with Gasteiger partial charge in [-0.25, -0.2) is 0 Å². The van der Waals surface area contributed by atoms with Crippen LogP contribution in [0.2, 0.25) is 0 Å². The van der Waals surface area contributed by atoms with Crippen LogP contribution in [0.5, 0.6) is 0 Å². The second-order valence-corrected chi connectivity index (χ2v) is 11.5. The molecule has 3 aliphatic rings. The minimum absolute atomic E-state index is 0.0335. The van der Waals surface area contributed by atoms with Crippen LogP contribution in [-0.2, 0) is 16.4 Å². The van der Waals surface area contributed by atoms with E-state index in [2.05, 4.69) is 86.8 Å². The van der Waals surface area contributed by atoms with Gasteiger partial charge in [-0.05, 0) is 48.9 Å². The average Bonchev–Trinajstić information content (AvgIpc) is 2.80. The van der Waals surface area contributed by atoms with Crippen molar-refractivity contribution in [3.05, 3.63) is 71.0 Å². The van der Waals surface area contributed by atoms with Gasteiger partial charge in [0.1, 0.15) is 0 Å². The summed E-state index contributed by atoms with van der Waals surface area (Å²) in [4.78, 5) is 4.67. The lowest BCUT2D eigenvalue weighted by atomic mass is 9.43. The number of benzene rings is 2. The zero-order valence-electron chi connectivity index (χ0n) is 20.2. The van der Waals surface area contributed by atoms with Gasteiger partial charge in [0.2, 0.25) is 11.2 Å².